The van der Waals surface area contributed by atoms with Crippen LogP contribution in [-0.2, 0) is 4.79 Å². The van der Waals surface area contributed by atoms with Gasteiger partial charge in [0.05, 0.1) is 23.8 Å². The Morgan fingerprint density at radius 2 is 2.17 bits per heavy atom. The van der Waals surface area contributed by atoms with Gasteiger partial charge in [-0.2, -0.15) is 4.39 Å². The number of alkyl halides is 1. The van der Waals surface area contributed by atoms with Gasteiger partial charge in [-0.15, -0.1) is 0 Å². The Balaban J connectivity index is 1.52. The standard InChI is InChI=1S/C19H21F2N5OS2/c20-11-2-1-6-25(9-11)15-4-3-13(17(21)24-15)18-23-14-5-7-26(12(8-22)10-28)19(27)16(14)29-18/h3-4,8,10-11,14,16H,1-2,5-7,9,22H2. The van der Waals surface area contributed by atoms with Crippen molar-refractivity contribution >= 4 is 46.1 Å². The van der Waals surface area contributed by atoms with E-state index < -0.39 is 17.4 Å². The quantitative estimate of drug-likeness (QED) is 0.443. The highest BCUT2D eigenvalue weighted by Gasteiger charge is 2.43. The van der Waals surface area contributed by atoms with Crippen LogP contribution in [0.15, 0.2) is 29.0 Å². The largest absolute Gasteiger partial charge is 0.403 e. The van der Waals surface area contributed by atoms with Crippen LogP contribution in [0.3, 0.4) is 0 Å². The molecule has 3 atom stereocenters. The molecular weight excluding hydrogens is 416 g/mol. The lowest BCUT2D eigenvalue weighted by Gasteiger charge is -2.33. The number of anilines is 1. The van der Waals surface area contributed by atoms with E-state index in [1.165, 1.54) is 23.3 Å². The van der Waals surface area contributed by atoms with Crippen molar-refractivity contribution in [1.82, 2.24) is 9.88 Å². The molecular formula is C19H21F2N5OS2. The molecule has 4 rings (SSSR count). The number of halogens is 2. The second kappa shape index (κ2) is 8.35. The van der Waals surface area contributed by atoms with Gasteiger partial charge in [0.2, 0.25) is 11.9 Å². The number of fused-ring (bicyclic) bond motifs is 1. The van der Waals surface area contributed by atoms with E-state index in [9.17, 15) is 13.6 Å². The van der Waals surface area contributed by atoms with Crippen LogP contribution in [0.25, 0.3) is 0 Å². The van der Waals surface area contributed by atoms with E-state index in [1.807, 2.05) is 0 Å². The van der Waals surface area contributed by atoms with Crippen molar-refractivity contribution in [3.8, 4) is 0 Å². The summed E-state index contributed by atoms with van der Waals surface area (Å²) in [7, 11) is 0. The number of carbonyl (C=O) groups excluding carboxylic acids is 1. The SMILES string of the molecule is NC=C(C=S)N1CCC2N=C(c3ccc(N4CCCC(F)C4)nc3F)SC2C1=O. The van der Waals surface area contributed by atoms with E-state index >= 15 is 0 Å². The molecule has 2 saturated heterocycles. The molecule has 2 N–H and O–H groups in total. The molecule has 0 aliphatic carbocycles. The van der Waals surface area contributed by atoms with Crippen molar-refractivity contribution in [1.29, 1.82) is 0 Å². The average molecular weight is 438 g/mol. The van der Waals surface area contributed by atoms with Crippen molar-refractivity contribution in [3.63, 3.8) is 0 Å². The van der Waals surface area contributed by atoms with Gasteiger partial charge in [-0.1, -0.05) is 24.0 Å². The molecule has 29 heavy (non-hydrogen) atoms. The molecule has 0 saturated carbocycles. The minimum atomic E-state index is -0.917. The first-order valence-corrected chi connectivity index (χ1v) is 10.9. The molecule has 1 aromatic rings. The maximum atomic E-state index is 14.8. The fourth-order valence-electron chi connectivity index (χ4n) is 3.88. The van der Waals surface area contributed by atoms with Gasteiger partial charge in [-0.3, -0.25) is 9.79 Å². The number of nitrogens with zero attached hydrogens (tertiary/aromatic N) is 4. The maximum Gasteiger partial charge on any atom is 0.242 e. The van der Waals surface area contributed by atoms with Crippen molar-refractivity contribution in [2.24, 2.45) is 10.7 Å². The predicted octanol–water partition coefficient (Wildman–Crippen LogP) is 2.42. The van der Waals surface area contributed by atoms with Crippen LogP contribution < -0.4 is 10.6 Å². The van der Waals surface area contributed by atoms with Crippen LogP contribution >= 0.6 is 24.0 Å². The lowest BCUT2D eigenvalue weighted by molar-refractivity contribution is -0.130. The van der Waals surface area contributed by atoms with Crippen LogP contribution in [-0.4, -0.2) is 63.3 Å². The first-order valence-electron chi connectivity index (χ1n) is 9.50. The molecule has 4 heterocycles. The van der Waals surface area contributed by atoms with Gasteiger partial charge in [0.25, 0.3) is 0 Å². The van der Waals surface area contributed by atoms with Crippen LogP contribution in [0.4, 0.5) is 14.6 Å². The Morgan fingerprint density at radius 3 is 2.86 bits per heavy atom. The van der Waals surface area contributed by atoms with Crippen LogP contribution in [0.1, 0.15) is 24.8 Å². The number of thiocarbonyl (C=S) groups is 1. The minimum Gasteiger partial charge on any atom is -0.403 e. The second-order valence-electron chi connectivity index (χ2n) is 7.22. The number of aromatic nitrogens is 1. The zero-order chi connectivity index (χ0) is 20.5. The van der Waals surface area contributed by atoms with E-state index in [-0.39, 0.29) is 24.1 Å². The highest BCUT2D eigenvalue weighted by Crippen LogP contribution is 2.37. The summed E-state index contributed by atoms with van der Waals surface area (Å²) in [5.41, 5.74) is 6.32. The molecule has 3 unspecified atom stereocenters. The van der Waals surface area contributed by atoms with Gasteiger partial charge in [-0.25, -0.2) is 9.37 Å². The maximum absolute atomic E-state index is 14.8. The molecule has 0 bridgehead atoms. The molecule has 2 fully saturated rings. The van der Waals surface area contributed by atoms with E-state index in [1.54, 1.807) is 21.9 Å². The second-order valence-corrected chi connectivity index (χ2v) is 8.59. The lowest BCUT2D eigenvalue weighted by Crippen LogP contribution is -2.47. The van der Waals surface area contributed by atoms with Gasteiger partial charge < -0.3 is 15.5 Å². The van der Waals surface area contributed by atoms with Crippen molar-refractivity contribution in [2.75, 3.05) is 24.5 Å². The number of hydrogen-bond donors (Lipinski definition) is 1. The van der Waals surface area contributed by atoms with Crippen LogP contribution in [0, 0.1) is 5.95 Å². The monoisotopic (exact) mass is 437 g/mol. The number of nitrogens with two attached hydrogens (primary N) is 1. The Hall–Kier alpha value is -2.07. The third-order valence-electron chi connectivity index (χ3n) is 5.38. The van der Waals surface area contributed by atoms with Crippen molar-refractivity contribution in [2.45, 2.75) is 36.7 Å². The number of piperidine rings is 2. The lowest BCUT2D eigenvalue weighted by atomic mass is 10.0. The number of aliphatic imine (C=N–C) groups is 1. The van der Waals surface area contributed by atoms with Gasteiger partial charge in [0, 0.05) is 24.7 Å². The number of pyridine rings is 1. The first kappa shape index (κ1) is 20.2. The third-order valence-corrected chi connectivity index (χ3v) is 6.94. The summed E-state index contributed by atoms with van der Waals surface area (Å²) in [5.74, 6) is -0.357. The van der Waals surface area contributed by atoms with E-state index in [0.717, 1.165) is 6.42 Å². The molecule has 6 nitrogen and oxygen atoms in total. The number of rotatable bonds is 4. The molecule has 3 aliphatic rings. The Labute approximate surface area is 177 Å². The highest BCUT2D eigenvalue weighted by atomic mass is 32.2. The first-order chi connectivity index (χ1) is 14.0. The number of amides is 1. The van der Waals surface area contributed by atoms with E-state index in [4.69, 9.17) is 18.0 Å². The molecule has 0 spiro atoms. The van der Waals surface area contributed by atoms with Gasteiger partial charge in [0.15, 0.2) is 0 Å². The predicted molar refractivity (Wildman–Crippen MR) is 114 cm³/mol. The van der Waals surface area contributed by atoms with E-state index in [0.29, 0.717) is 42.5 Å². The van der Waals surface area contributed by atoms with Crippen LogP contribution in [0.2, 0.25) is 0 Å². The van der Waals surface area contributed by atoms with Gasteiger partial charge in [0.1, 0.15) is 22.3 Å². The van der Waals surface area contributed by atoms with Crippen LogP contribution in [0.5, 0.6) is 0 Å². The van der Waals surface area contributed by atoms with E-state index in [2.05, 4.69) is 9.98 Å². The number of allylic oxidation sites excluding steroid dienone is 1. The molecule has 1 aromatic heterocycles. The molecule has 0 radical (unpaired) electrons. The Morgan fingerprint density at radius 1 is 1.34 bits per heavy atom. The summed E-state index contributed by atoms with van der Waals surface area (Å²) < 4.78 is 28.4. The zero-order valence-electron chi connectivity index (χ0n) is 15.6. The molecule has 10 heteroatoms. The fourth-order valence-corrected chi connectivity index (χ4v) is 5.38. The highest BCUT2D eigenvalue weighted by molar-refractivity contribution is 8.15. The number of thioether (sulfide) groups is 1. The summed E-state index contributed by atoms with van der Waals surface area (Å²) >= 11 is 6.17. The minimum absolute atomic E-state index is 0.130. The summed E-state index contributed by atoms with van der Waals surface area (Å²) in [6, 6.07) is 3.10. The molecule has 1 amide bonds. The summed E-state index contributed by atoms with van der Waals surface area (Å²) in [6.45, 7) is 1.35. The Bertz CT molecular complexity index is 893. The number of likely N-dealkylation sites (tertiary alicyclic amines) is 1. The summed E-state index contributed by atoms with van der Waals surface area (Å²) in [5, 5.41) is 1.41. The molecule has 3 aliphatic heterocycles. The zero-order valence-corrected chi connectivity index (χ0v) is 17.3. The topological polar surface area (TPSA) is 74.8 Å². The average Bonchev–Trinajstić information content (AvgIpc) is 3.15. The molecule has 0 aromatic carbocycles. The summed E-state index contributed by atoms with van der Waals surface area (Å²) in [4.78, 5) is 24.8. The van der Waals surface area contributed by atoms with Crippen molar-refractivity contribution in [3.05, 3.63) is 35.5 Å². The number of carbonyl (C=O) groups is 1. The van der Waals surface area contributed by atoms with Gasteiger partial charge in [-0.05, 0) is 31.4 Å². The normalized spacial score (nSPS) is 27.7. The smallest absolute Gasteiger partial charge is 0.242 e. The fraction of sp³-hybridized carbons (Fsp3) is 0.474. The van der Waals surface area contributed by atoms with Crippen molar-refractivity contribution < 1.29 is 13.6 Å². The molecule has 154 valence electrons. The third kappa shape index (κ3) is 3.87. The Kier molecular flexibility index (Phi) is 5.82. The van der Waals surface area contributed by atoms with Gasteiger partial charge >= 0.3 is 0 Å². The summed E-state index contributed by atoms with van der Waals surface area (Å²) in [6.07, 6.45) is 2.30. The number of hydrogen-bond acceptors (Lipinski definition) is 7.